The van der Waals surface area contributed by atoms with Crippen LogP contribution in [-0.2, 0) is 4.43 Å². The molecule has 1 fully saturated rings. The summed E-state index contributed by atoms with van der Waals surface area (Å²) < 4.78 is 19.6. The first-order valence-corrected chi connectivity index (χ1v) is 19.4. The zero-order valence-electron chi connectivity index (χ0n) is 26.0. The van der Waals surface area contributed by atoms with Crippen molar-refractivity contribution in [1.82, 2.24) is 4.90 Å². The summed E-state index contributed by atoms with van der Waals surface area (Å²) in [6.07, 6.45) is -0.453. The van der Waals surface area contributed by atoms with Crippen molar-refractivity contribution in [2.45, 2.75) is 122 Å². The van der Waals surface area contributed by atoms with Gasteiger partial charge in [0.25, 0.3) is 14.2 Å². The van der Waals surface area contributed by atoms with E-state index in [1.807, 2.05) is 0 Å². The average molecular weight is 579 g/mol. The van der Waals surface area contributed by atoms with Crippen LogP contribution in [0.5, 0.6) is 11.5 Å². The molecule has 10 heteroatoms. The first-order chi connectivity index (χ1) is 17.9. The van der Waals surface area contributed by atoms with E-state index >= 15 is 0 Å². The molecule has 0 saturated carbocycles. The molecule has 1 aromatic rings. The predicted octanol–water partition coefficient (Wildman–Crippen LogP) is 7.70. The molecule has 1 unspecified atom stereocenters. The molecular weight excluding hydrogens is 528 g/mol. The molecule has 39 heavy (non-hydrogen) atoms. The minimum Gasteiger partial charge on any atom is -0.540 e. The number of hydrogen-bond acceptors (Lipinski definition) is 5. The fourth-order valence-corrected chi connectivity index (χ4v) is 12.8. The Bertz CT molecular complexity index is 1060. The van der Waals surface area contributed by atoms with Crippen LogP contribution in [0, 0.1) is 0 Å². The van der Waals surface area contributed by atoms with Crippen LogP contribution in [-0.4, -0.2) is 64.6 Å². The van der Waals surface area contributed by atoms with Gasteiger partial charge in [-0.3, -0.25) is 4.79 Å². The maximum absolute atomic E-state index is 14.0. The van der Waals surface area contributed by atoms with Crippen molar-refractivity contribution in [2.75, 3.05) is 18.6 Å². The second-order valence-corrected chi connectivity index (χ2v) is 23.7. The second kappa shape index (κ2) is 11.1. The number of ether oxygens (including phenoxy) is 1. The van der Waals surface area contributed by atoms with Crippen LogP contribution in [0.2, 0.25) is 34.8 Å². The summed E-state index contributed by atoms with van der Waals surface area (Å²) in [4.78, 5) is 30.1. The van der Waals surface area contributed by atoms with Gasteiger partial charge in [-0.25, -0.2) is 9.69 Å². The number of methoxy groups -OCH3 is 1. The molecule has 1 aromatic carbocycles. The number of rotatable bonds is 8. The largest absolute Gasteiger partial charge is 0.540 e. The van der Waals surface area contributed by atoms with Crippen LogP contribution in [0.3, 0.4) is 0 Å². The Balaban J connectivity index is 2.29. The average Bonchev–Trinajstić information content (AvgIpc) is 3.26. The lowest BCUT2D eigenvalue weighted by Crippen LogP contribution is -2.57. The number of benzene rings is 1. The first-order valence-electron chi connectivity index (χ1n) is 14.3. The van der Waals surface area contributed by atoms with Crippen molar-refractivity contribution < 1.29 is 28.3 Å². The Morgan fingerprint density at radius 1 is 1.03 bits per heavy atom. The van der Waals surface area contributed by atoms with Gasteiger partial charge in [0.1, 0.15) is 5.75 Å². The number of carboxylic acid groups (broad SMARTS) is 1. The molecule has 0 bridgehead atoms. The highest BCUT2D eigenvalue weighted by atomic mass is 28.4. The van der Waals surface area contributed by atoms with Crippen LogP contribution in [0.1, 0.15) is 85.5 Å². The fourth-order valence-electron chi connectivity index (χ4n) is 6.33. The highest BCUT2D eigenvalue weighted by Gasteiger charge is 2.51. The summed E-state index contributed by atoms with van der Waals surface area (Å²) in [6.45, 7) is 24.4. The van der Waals surface area contributed by atoms with Crippen molar-refractivity contribution in [3.63, 3.8) is 0 Å². The van der Waals surface area contributed by atoms with Crippen LogP contribution >= 0.6 is 0 Å². The van der Waals surface area contributed by atoms with Crippen LogP contribution in [0.15, 0.2) is 12.1 Å². The minimum absolute atomic E-state index is 0.134. The number of anilines is 1. The molecule has 1 saturated heterocycles. The maximum Gasteiger partial charge on any atom is 0.414 e. The number of fused-ring (bicyclic) bond motifs is 2. The lowest BCUT2D eigenvalue weighted by Gasteiger charge is -2.44. The zero-order valence-corrected chi connectivity index (χ0v) is 28.0. The van der Waals surface area contributed by atoms with Crippen molar-refractivity contribution in [2.24, 2.45) is 0 Å². The zero-order chi connectivity index (χ0) is 29.7. The third-order valence-electron chi connectivity index (χ3n) is 9.34. The third-order valence-corrected chi connectivity index (χ3v) is 19.8. The molecule has 0 aromatic heterocycles. The number of nitrogens with zero attached hydrogens (tertiary/aromatic N) is 2. The van der Waals surface area contributed by atoms with Crippen LogP contribution in [0.25, 0.3) is 0 Å². The molecule has 2 aliphatic rings. The molecule has 0 radical (unpaired) electrons. The van der Waals surface area contributed by atoms with Gasteiger partial charge in [0.05, 0.1) is 24.4 Å². The Morgan fingerprint density at radius 3 is 2.05 bits per heavy atom. The summed E-state index contributed by atoms with van der Waals surface area (Å²) in [6, 6.07) is 3.04. The molecule has 8 nitrogen and oxygen atoms in total. The molecule has 2 amide bonds. The van der Waals surface area contributed by atoms with Gasteiger partial charge in [0, 0.05) is 12.6 Å². The molecule has 2 atom stereocenters. The summed E-state index contributed by atoms with van der Waals surface area (Å²) >= 11 is 0. The van der Waals surface area contributed by atoms with Gasteiger partial charge in [0.2, 0.25) is 0 Å². The van der Waals surface area contributed by atoms with Crippen molar-refractivity contribution in [1.29, 1.82) is 0 Å². The smallest absolute Gasteiger partial charge is 0.414 e. The van der Waals surface area contributed by atoms with E-state index in [1.54, 1.807) is 24.1 Å². The SMILES string of the molecule is COc1cc2c(cc1O[Si](C(C)C)(C(C)C)C(C)C)N(C(=O)O)C(O[Si](C)(C)C(C)(C)C)[C@@H]1CCCN1C2=O. The Morgan fingerprint density at radius 2 is 1.59 bits per heavy atom. The molecule has 1 N–H and O–H groups in total. The molecule has 220 valence electrons. The maximum atomic E-state index is 14.0. The number of carbonyl (C=O) groups excluding carboxylic acids is 1. The highest BCUT2D eigenvalue weighted by molar-refractivity contribution is 6.78. The second-order valence-electron chi connectivity index (χ2n) is 13.6. The molecule has 0 spiro atoms. The Hall–Kier alpha value is -2.05. The van der Waals surface area contributed by atoms with E-state index < -0.39 is 29.0 Å². The third kappa shape index (κ3) is 5.48. The Kier molecular flexibility index (Phi) is 8.95. The van der Waals surface area contributed by atoms with Gasteiger partial charge in [-0.05, 0) is 53.7 Å². The number of amides is 2. The van der Waals surface area contributed by atoms with Crippen molar-refractivity contribution in [3.05, 3.63) is 17.7 Å². The molecule has 2 aliphatic heterocycles. The van der Waals surface area contributed by atoms with Gasteiger partial charge in [-0.15, -0.1) is 0 Å². The van der Waals surface area contributed by atoms with Crippen molar-refractivity contribution >= 4 is 34.3 Å². The van der Waals surface area contributed by atoms with Crippen LogP contribution < -0.4 is 14.1 Å². The van der Waals surface area contributed by atoms with Gasteiger partial charge >= 0.3 is 6.09 Å². The normalized spacial score (nSPS) is 20.4. The summed E-state index contributed by atoms with van der Waals surface area (Å²) in [5, 5.41) is 10.5. The van der Waals surface area contributed by atoms with Gasteiger partial charge in [0.15, 0.2) is 20.3 Å². The van der Waals surface area contributed by atoms with E-state index in [9.17, 15) is 14.7 Å². The first kappa shape index (κ1) is 31.5. The lowest BCUT2D eigenvalue weighted by molar-refractivity contribution is 0.0541. The van der Waals surface area contributed by atoms with E-state index in [2.05, 4.69) is 75.4 Å². The summed E-state index contributed by atoms with van der Waals surface area (Å²) in [7, 11) is -3.25. The van der Waals surface area contributed by atoms with E-state index in [0.29, 0.717) is 52.3 Å². The standard InChI is InChI=1S/C29H50N2O6Si2/c1-18(2)39(19(3)4,20(5)6)36-25-17-23-21(16-24(25)35-10)26(32)30-15-13-14-22(30)27(31(23)28(33)34)37-38(11,12)29(7,8)9/h16-20,22,27H,13-15H2,1-12H3,(H,33,34)/t22-,27?/m0/s1. The monoisotopic (exact) mass is 578 g/mol. The molecule has 0 aliphatic carbocycles. The fraction of sp³-hybridized carbons (Fsp3) is 0.724. The Labute approximate surface area is 237 Å². The minimum atomic E-state index is -2.41. The number of carbonyl (C=O) groups is 2. The topological polar surface area (TPSA) is 88.5 Å². The van der Waals surface area contributed by atoms with Crippen LogP contribution in [0.4, 0.5) is 10.5 Å². The molecule has 3 rings (SSSR count). The number of hydrogen-bond donors (Lipinski definition) is 1. The predicted molar refractivity (Wildman–Crippen MR) is 161 cm³/mol. The summed E-state index contributed by atoms with van der Waals surface area (Å²) in [5.74, 6) is 0.752. The van der Waals surface area contributed by atoms with Gasteiger partial charge in [-0.1, -0.05) is 62.3 Å². The summed E-state index contributed by atoms with van der Waals surface area (Å²) in [5.41, 5.74) is 1.52. The van der Waals surface area contributed by atoms with E-state index in [0.717, 1.165) is 6.42 Å². The molecule has 2 heterocycles. The van der Waals surface area contributed by atoms with Gasteiger partial charge in [-0.2, -0.15) is 0 Å². The highest BCUT2D eigenvalue weighted by Crippen LogP contribution is 2.48. The van der Waals surface area contributed by atoms with Gasteiger partial charge < -0.3 is 23.6 Å². The lowest BCUT2D eigenvalue weighted by atomic mass is 10.1. The molecular formula is C29H50N2O6Si2. The quantitative estimate of drug-likeness (QED) is 0.318. The van der Waals surface area contributed by atoms with E-state index in [1.165, 1.54) is 4.90 Å². The van der Waals surface area contributed by atoms with Crippen molar-refractivity contribution in [3.8, 4) is 11.5 Å². The van der Waals surface area contributed by atoms with E-state index in [4.69, 9.17) is 13.6 Å². The van der Waals surface area contributed by atoms with E-state index in [-0.39, 0.29) is 17.0 Å².